The number of fused-ring (bicyclic) bond motifs is 1. The van der Waals surface area contributed by atoms with Gasteiger partial charge in [0.05, 0.1) is 4.70 Å². The molecule has 0 aliphatic heterocycles. The van der Waals surface area contributed by atoms with Crippen LogP contribution in [-0.4, -0.2) is 9.59 Å². The Kier molecular flexibility index (Phi) is 5.85. The van der Waals surface area contributed by atoms with E-state index in [1.807, 2.05) is 80.6 Å². The van der Waals surface area contributed by atoms with Gasteiger partial charge in [-0.25, -0.2) is 8.78 Å². The number of halogens is 2. The smallest absolute Gasteiger partial charge is 0.131 e. The molecule has 37 heavy (non-hydrogen) atoms. The fourth-order valence-electron chi connectivity index (χ4n) is 4.61. The van der Waals surface area contributed by atoms with E-state index in [-0.39, 0.29) is 11.6 Å². The Morgan fingerprint density at radius 2 is 0.946 bits per heavy atom. The van der Waals surface area contributed by atoms with E-state index in [1.54, 1.807) is 30.3 Å². The zero-order chi connectivity index (χ0) is 25.5. The van der Waals surface area contributed by atoms with Gasteiger partial charge in [0.15, 0.2) is 0 Å². The minimum Gasteiger partial charge on any atom is -0.206 e. The van der Waals surface area contributed by atoms with Gasteiger partial charge in [-0.3, -0.25) is 0 Å². The van der Waals surface area contributed by atoms with Crippen LogP contribution in [0.3, 0.4) is 0 Å². The molecule has 0 amide bonds. The molecule has 0 bridgehead atoms. The van der Waals surface area contributed by atoms with Crippen molar-refractivity contribution in [3.63, 3.8) is 0 Å². The number of rotatable bonds is 4. The molecular weight excluding hydrogens is 482 g/mol. The second-order valence-electron chi connectivity index (χ2n) is 9.23. The molecular formula is C32H22F2N2S. The minimum absolute atomic E-state index is 0.325. The predicted octanol–water partition coefficient (Wildman–Crippen LogP) is 9.25. The van der Waals surface area contributed by atoms with Crippen molar-refractivity contribution in [2.24, 2.45) is 0 Å². The Hall–Kier alpha value is -4.22. The summed E-state index contributed by atoms with van der Waals surface area (Å²) >= 11 is 1.19. The van der Waals surface area contributed by atoms with Crippen LogP contribution in [0, 0.1) is 25.5 Å². The summed E-state index contributed by atoms with van der Waals surface area (Å²) in [5, 5.41) is 4.30. The Labute approximate surface area is 218 Å². The second-order valence-corrected chi connectivity index (χ2v) is 9.99. The third kappa shape index (κ3) is 4.32. The quantitative estimate of drug-likeness (QED) is 0.239. The fourth-order valence-corrected chi connectivity index (χ4v) is 5.33. The molecule has 0 saturated heterocycles. The van der Waals surface area contributed by atoms with Gasteiger partial charge in [0.2, 0.25) is 0 Å². The van der Waals surface area contributed by atoms with Crippen LogP contribution in [-0.2, 0) is 0 Å². The van der Waals surface area contributed by atoms with Gasteiger partial charge in [0.1, 0.15) is 17.2 Å². The van der Waals surface area contributed by atoms with Gasteiger partial charge in [0, 0.05) is 22.3 Å². The molecule has 5 heteroatoms. The Bertz CT molecular complexity index is 1620. The first-order valence-corrected chi connectivity index (χ1v) is 12.7. The average Bonchev–Trinajstić information content (AvgIpc) is 3.40. The number of hydrogen-bond acceptors (Lipinski definition) is 3. The maximum Gasteiger partial charge on any atom is 0.131 e. The molecule has 0 unspecified atom stereocenters. The van der Waals surface area contributed by atoms with E-state index in [0.717, 1.165) is 38.1 Å². The number of nitrogens with zero attached hydrogens (tertiary/aromatic N) is 2. The molecule has 0 N–H and O–H groups in total. The van der Waals surface area contributed by atoms with E-state index in [0.29, 0.717) is 27.8 Å². The molecule has 1 aromatic heterocycles. The van der Waals surface area contributed by atoms with Crippen molar-refractivity contribution in [2.45, 2.75) is 13.8 Å². The van der Waals surface area contributed by atoms with Crippen molar-refractivity contribution < 1.29 is 8.78 Å². The zero-order valence-electron chi connectivity index (χ0n) is 20.3. The molecule has 180 valence electrons. The highest BCUT2D eigenvalue weighted by Gasteiger charge is 2.18. The number of hydrogen-bond donors (Lipinski definition) is 0. The van der Waals surface area contributed by atoms with Crippen LogP contribution < -0.4 is 0 Å². The third-order valence-electron chi connectivity index (χ3n) is 6.69. The summed E-state index contributed by atoms with van der Waals surface area (Å²) in [6, 6.07) is 30.1. The average molecular weight is 505 g/mol. The van der Waals surface area contributed by atoms with Crippen molar-refractivity contribution in [1.82, 2.24) is 9.59 Å². The molecule has 0 aliphatic carbocycles. The summed E-state index contributed by atoms with van der Waals surface area (Å²) in [5.74, 6) is -0.664. The second kappa shape index (κ2) is 9.34. The molecule has 0 atom stereocenters. The summed E-state index contributed by atoms with van der Waals surface area (Å²) in [6.07, 6.45) is 0. The lowest BCUT2D eigenvalue weighted by atomic mass is 9.95. The lowest BCUT2D eigenvalue weighted by molar-refractivity contribution is 0.631. The lowest BCUT2D eigenvalue weighted by Crippen LogP contribution is -1.91. The summed E-state index contributed by atoms with van der Waals surface area (Å²) in [6.45, 7) is 4.05. The maximum absolute atomic E-state index is 15.4. The van der Waals surface area contributed by atoms with E-state index < -0.39 is 0 Å². The van der Waals surface area contributed by atoms with Gasteiger partial charge in [0.25, 0.3) is 0 Å². The van der Waals surface area contributed by atoms with Crippen LogP contribution >= 0.6 is 11.5 Å². The monoisotopic (exact) mass is 504 g/mol. The van der Waals surface area contributed by atoms with Crippen LogP contribution in [0.2, 0.25) is 0 Å². The van der Waals surface area contributed by atoms with E-state index in [1.165, 1.54) is 11.5 Å². The first-order chi connectivity index (χ1) is 18.0. The zero-order valence-corrected chi connectivity index (χ0v) is 21.1. The topological polar surface area (TPSA) is 25.8 Å². The van der Waals surface area contributed by atoms with Gasteiger partial charge in [-0.15, -0.1) is 5.10 Å². The Balaban J connectivity index is 1.39. The lowest BCUT2D eigenvalue weighted by Gasteiger charge is -2.11. The molecule has 0 spiro atoms. The highest BCUT2D eigenvalue weighted by atomic mass is 32.1. The molecule has 0 fully saturated rings. The molecule has 1 heterocycles. The summed E-state index contributed by atoms with van der Waals surface area (Å²) < 4.78 is 35.6. The summed E-state index contributed by atoms with van der Waals surface area (Å²) in [7, 11) is 0. The predicted molar refractivity (Wildman–Crippen MR) is 149 cm³/mol. The van der Waals surface area contributed by atoms with Crippen LogP contribution in [0.25, 0.3) is 54.7 Å². The minimum atomic E-state index is -0.339. The van der Waals surface area contributed by atoms with Crippen molar-refractivity contribution >= 4 is 21.7 Å². The molecule has 0 aliphatic rings. The van der Waals surface area contributed by atoms with Crippen LogP contribution in [0.15, 0.2) is 97.1 Å². The van der Waals surface area contributed by atoms with Gasteiger partial charge < -0.3 is 0 Å². The first-order valence-electron chi connectivity index (χ1n) is 12.0. The number of aromatic nitrogens is 2. The fraction of sp³-hybridized carbons (Fsp3) is 0.0625. The third-order valence-corrected chi connectivity index (χ3v) is 7.45. The van der Waals surface area contributed by atoms with Gasteiger partial charge in [-0.05, 0) is 59.8 Å². The van der Waals surface area contributed by atoms with Crippen molar-refractivity contribution in [1.29, 1.82) is 0 Å². The van der Waals surface area contributed by atoms with E-state index in [9.17, 15) is 0 Å². The van der Waals surface area contributed by atoms with E-state index >= 15 is 8.78 Å². The largest absolute Gasteiger partial charge is 0.206 e. The van der Waals surface area contributed by atoms with Gasteiger partial charge in [-0.1, -0.05) is 101 Å². The number of benzene rings is 5. The highest BCUT2D eigenvalue weighted by Crippen LogP contribution is 2.39. The SMILES string of the molecule is Cc1ccc(-c2ccc(-c3ccc(-c4ccc(-c5ccc(C)cc5)cc4F)c4snnc34)c(F)c2)cc1. The van der Waals surface area contributed by atoms with Crippen LogP contribution in [0.1, 0.15) is 11.1 Å². The Morgan fingerprint density at radius 1 is 0.514 bits per heavy atom. The van der Waals surface area contributed by atoms with Gasteiger partial charge >= 0.3 is 0 Å². The highest BCUT2D eigenvalue weighted by molar-refractivity contribution is 7.13. The van der Waals surface area contributed by atoms with Crippen molar-refractivity contribution in [3.8, 4) is 44.5 Å². The molecule has 6 aromatic rings. The van der Waals surface area contributed by atoms with Crippen molar-refractivity contribution in [3.05, 3.63) is 120 Å². The molecule has 0 radical (unpaired) electrons. The molecule has 2 nitrogen and oxygen atoms in total. The first kappa shape index (κ1) is 23.2. The summed E-state index contributed by atoms with van der Waals surface area (Å²) in [4.78, 5) is 0. The van der Waals surface area contributed by atoms with E-state index in [2.05, 4.69) is 9.59 Å². The molecule has 0 saturated carbocycles. The molecule has 5 aromatic carbocycles. The van der Waals surface area contributed by atoms with E-state index in [4.69, 9.17) is 0 Å². The van der Waals surface area contributed by atoms with Crippen molar-refractivity contribution in [2.75, 3.05) is 0 Å². The molecule has 6 rings (SSSR count). The van der Waals surface area contributed by atoms with Crippen LogP contribution in [0.5, 0.6) is 0 Å². The summed E-state index contributed by atoms with van der Waals surface area (Å²) in [5.41, 5.74) is 8.64. The normalized spacial score (nSPS) is 11.2. The number of aryl methyl sites for hydroxylation is 2. The maximum atomic E-state index is 15.4. The van der Waals surface area contributed by atoms with Crippen LogP contribution in [0.4, 0.5) is 8.78 Å². The Morgan fingerprint density at radius 3 is 1.46 bits per heavy atom. The van der Waals surface area contributed by atoms with Gasteiger partial charge in [-0.2, -0.15) is 0 Å². The standard InChI is InChI=1S/C32H22F2N2S/c1-19-3-7-21(8-4-19)23-11-13-25(29(33)17-23)27-15-16-28(32-31(27)35-36-37-32)26-14-12-24(18-30(26)34)22-9-5-20(2)6-10-22/h3-18H,1-2H3.